The van der Waals surface area contributed by atoms with Crippen molar-refractivity contribution in [3.05, 3.63) is 59.7 Å². The number of thiophene rings is 1. The number of rotatable bonds is 5. The number of carbonyl (C=O) groups excluding carboxylic acids is 1. The number of sulfonamides is 1. The first kappa shape index (κ1) is 21.0. The lowest BCUT2D eigenvalue weighted by atomic mass is 10.0. The van der Waals surface area contributed by atoms with Crippen LogP contribution in [-0.2, 0) is 10.0 Å². The van der Waals surface area contributed by atoms with Gasteiger partial charge in [0.05, 0.1) is 27.5 Å². The molecule has 1 N–H and O–H groups in total. The maximum Gasteiger partial charge on any atom is 0.280 e. The fraction of sp³-hybridized carbons (Fsp3) is 0.227. The van der Waals surface area contributed by atoms with Crippen molar-refractivity contribution in [3.63, 3.8) is 0 Å². The van der Waals surface area contributed by atoms with Crippen LogP contribution in [0, 0.1) is 0 Å². The summed E-state index contributed by atoms with van der Waals surface area (Å²) in [4.78, 5) is 20.2. The third-order valence-electron chi connectivity index (χ3n) is 5.44. The number of pyridine rings is 1. The highest BCUT2D eigenvalue weighted by Gasteiger charge is 2.26. The monoisotopic (exact) mass is 484 g/mol. The zero-order valence-electron chi connectivity index (χ0n) is 17.0. The first-order chi connectivity index (χ1) is 15.5. The molecule has 164 valence electrons. The van der Waals surface area contributed by atoms with Crippen LogP contribution in [0.25, 0.3) is 20.5 Å². The number of piperidine rings is 1. The van der Waals surface area contributed by atoms with E-state index in [0.717, 1.165) is 34.4 Å². The Morgan fingerprint density at radius 2 is 1.94 bits per heavy atom. The zero-order valence-corrected chi connectivity index (χ0v) is 19.5. The number of amides is 1. The lowest BCUT2D eigenvalue weighted by Crippen LogP contribution is -2.36. The van der Waals surface area contributed by atoms with Crippen LogP contribution in [0.5, 0.6) is 0 Å². The molecule has 1 aromatic carbocycles. The Kier molecular flexibility index (Phi) is 5.66. The highest BCUT2D eigenvalue weighted by atomic mass is 32.2. The van der Waals surface area contributed by atoms with Crippen molar-refractivity contribution in [2.75, 3.05) is 17.8 Å². The van der Waals surface area contributed by atoms with Gasteiger partial charge in [-0.1, -0.05) is 12.1 Å². The minimum atomic E-state index is -4.04. The fourth-order valence-corrected chi connectivity index (χ4v) is 6.49. The quantitative estimate of drug-likeness (QED) is 0.437. The summed E-state index contributed by atoms with van der Waals surface area (Å²) in [5.74, 6) is -0.163. The maximum atomic E-state index is 13.3. The maximum absolute atomic E-state index is 13.3. The summed E-state index contributed by atoms with van der Waals surface area (Å²) in [6.45, 7) is 1.36. The van der Waals surface area contributed by atoms with Gasteiger partial charge in [-0.2, -0.15) is 12.8 Å². The molecule has 1 saturated heterocycles. The number of benzene rings is 1. The van der Waals surface area contributed by atoms with Gasteiger partial charge in [0.25, 0.3) is 15.9 Å². The molecule has 0 saturated carbocycles. The van der Waals surface area contributed by atoms with Crippen LogP contribution in [-0.4, -0.2) is 41.7 Å². The molecule has 1 fully saturated rings. The van der Waals surface area contributed by atoms with E-state index < -0.39 is 10.0 Å². The lowest BCUT2D eigenvalue weighted by molar-refractivity contribution is 0.0725. The molecule has 0 spiro atoms. The van der Waals surface area contributed by atoms with Gasteiger partial charge in [0.2, 0.25) is 0 Å². The Labute approximate surface area is 194 Å². The van der Waals surface area contributed by atoms with E-state index in [1.165, 1.54) is 23.9 Å². The second kappa shape index (κ2) is 8.61. The number of aromatic nitrogens is 2. The molecule has 32 heavy (non-hydrogen) atoms. The number of nitrogens with zero attached hydrogens (tertiary/aromatic N) is 3. The Morgan fingerprint density at radius 3 is 2.72 bits per heavy atom. The van der Waals surface area contributed by atoms with E-state index in [0.29, 0.717) is 24.0 Å². The Hall–Kier alpha value is -2.82. The van der Waals surface area contributed by atoms with Gasteiger partial charge in [0.15, 0.2) is 5.03 Å². The van der Waals surface area contributed by atoms with Crippen LogP contribution in [0.4, 0.5) is 5.69 Å². The SMILES string of the molecule is O=C(c1ccc(-c2cccs2)cc1NS(=O)(=O)c1nccc2sncc12)N1CCCCC1. The molecule has 4 heterocycles. The number of hydrogen-bond donors (Lipinski definition) is 1. The normalized spacial score (nSPS) is 14.6. The van der Waals surface area contributed by atoms with Crippen molar-refractivity contribution >= 4 is 54.6 Å². The highest BCUT2D eigenvalue weighted by molar-refractivity contribution is 7.92. The van der Waals surface area contributed by atoms with Crippen molar-refractivity contribution in [1.82, 2.24) is 14.3 Å². The first-order valence-corrected chi connectivity index (χ1v) is 13.4. The van der Waals surface area contributed by atoms with Crippen molar-refractivity contribution in [2.45, 2.75) is 24.3 Å². The van der Waals surface area contributed by atoms with Crippen LogP contribution in [0.2, 0.25) is 0 Å². The molecular formula is C22H20N4O3S3. The minimum Gasteiger partial charge on any atom is -0.339 e. The van der Waals surface area contributed by atoms with E-state index in [4.69, 9.17) is 0 Å². The second-order valence-electron chi connectivity index (χ2n) is 7.55. The molecule has 0 bridgehead atoms. The van der Waals surface area contributed by atoms with Gasteiger partial charge in [-0.3, -0.25) is 9.52 Å². The van der Waals surface area contributed by atoms with Gasteiger partial charge >= 0.3 is 0 Å². The van der Waals surface area contributed by atoms with Gasteiger partial charge in [0.1, 0.15) is 0 Å². The lowest BCUT2D eigenvalue weighted by Gasteiger charge is -2.27. The Morgan fingerprint density at radius 1 is 1.09 bits per heavy atom. The smallest absolute Gasteiger partial charge is 0.280 e. The summed E-state index contributed by atoms with van der Waals surface area (Å²) < 4.78 is 34.2. The molecule has 5 rings (SSSR count). The summed E-state index contributed by atoms with van der Waals surface area (Å²) in [6, 6.07) is 10.9. The predicted octanol–water partition coefficient (Wildman–Crippen LogP) is 4.85. The van der Waals surface area contributed by atoms with E-state index in [2.05, 4.69) is 14.1 Å². The van der Waals surface area contributed by atoms with Gasteiger partial charge in [-0.15, -0.1) is 11.3 Å². The highest BCUT2D eigenvalue weighted by Crippen LogP contribution is 2.32. The average molecular weight is 485 g/mol. The summed E-state index contributed by atoms with van der Waals surface area (Å²) >= 11 is 2.76. The Bertz CT molecular complexity index is 1370. The number of fused-ring (bicyclic) bond motifs is 1. The number of carbonyl (C=O) groups is 1. The van der Waals surface area contributed by atoms with E-state index in [-0.39, 0.29) is 16.6 Å². The van der Waals surface area contributed by atoms with E-state index in [1.807, 2.05) is 23.6 Å². The predicted molar refractivity (Wildman–Crippen MR) is 128 cm³/mol. The summed E-state index contributed by atoms with van der Waals surface area (Å²) in [6.07, 6.45) is 5.97. The molecule has 4 aromatic rings. The molecule has 1 aliphatic rings. The van der Waals surface area contributed by atoms with Gasteiger partial charge in [-0.05, 0) is 66.0 Å². The van der Waals surface area contributed by atoms with Crippen molar-refractivity contribution in [1.29, 1.82) is 0 Å². The topological polar surface area (TPSA) is 92.3 Å². The van der Waals surface area contributed by atoms with Gasteiger partial charge < -0.3 is 4.90 Å². The molecule has 1 amide bonds. The molecule has 0 unspecified atom stereocenters. The minimum absolute atomic E-state index is 0.0957. The first-order valence-electron chi connectivity index (χ1n) is 10.2. The van der Waals surface area contributed by atoms with Gasteiger partial charge in [0, 0.05) is 24.2 Å². The third kappa shape index (κ3) is 4.01. The second-order valence-corrected chi connectivity index (χ2v) is 10.9. The average Bonchev–Trinajstić information content (AvgIpc) is 3.51. The summed E-state index contributed by atoms with van der Waals surface area (Å²) in [5, 5.41) is 2.32. The van der Waals surface area contributed by atoms with Crippen LogP contribution in [0.3, 0.4) is 0 Å². The largest absolute Gasteiger partial charge is 0.339 e. The van der Waals surface area contributed by atoms with Crippen LogP contribution < -0.4 is 4.72 Å². The number of anilines is 1. The third-order valence-corrected chi connectivity index (χ3v) is 8.45. The molecule has 1 aliphatic heterocycles. The number of nitrogens with one attached hydrogen (secondary N) is 1. The number of hydrogen-bond acceptors (Lipinski definition) is 7. The Balaban J connectivity index is 1.58. The standard InChI is InChI=1S/C22H20N4O3S3/c27-22(26-10-2-1-3-11-26)16-7-6-15(19-5-4-12-30-19)13-18(16)25-32(28,29)21-17-14-24-31-20(17)8-9-23-21/h4-9,12-14,25H,1-3,10-11H2. The van der Waals surface area contributed by atoms with Crippen molar-refractivity contribution in [2.24, 2.45) is 0 Å². The molecule has 0 radical (unpaired) electrons. The number of likely N-dealkylation sites (tertiary alicyclic amines) is 1. The van der Waals surface area contributed by atoms with Crippen LogP contribution >= 0.6 is 22.9 Å². The van der Waals surface area contributed by atoms with Crippen molar-refractivity contribution in [3.8, 4) is 10.4 Å². The molecule has 3 aromatic heterocycles. The molecule has 0 atom stereocenters. The van der Waals surface area contributed by atoms with E-state index in [9.17, 15) is 13.2 Å². The van der Waals surface area contributed by atoms with Gasteiger partial charge in [-0.25, -0.2) is 4.98 Å². The van der Waals surface area contributed by atoms with Crippen molar-refractivity contribution < 1.29 is 13.2 Å². The van der Waals surface area contributed by atoms with E-state index in [1.54, 1.807) is 34.4 Å². The molecular weight excluding hydrogens is 464 g/mol. The summed E-state index contributed by atoms with van der Waals surface area (Å²) in [7, 11) is -4.04. The molecule has 0 aliphatic carbocycles. The van der Waals surface area contributed by atoms with Crippen LogP contribution in [0.1, 0.15) is 29.6 Å². The van der Waals surface area contributed by atoms with E-state index >= 15 is 0 Å². The zero-order chi connectivity index (χ0) is 22.1. The van der Waals surface area contributed by atoms with Crippen LogP contribution in [0.15, 0.2) is 59.2 Å². The fourth-order valence-electron chi connectivity index (χ4n) is 3.86. The molecule has 10 heteroatoms. The molecule has 7 nitrogen and oxygen atoms in total. The summed E-state index contributed by atoms with van der Waals surface area (Å²) in [5.41, 5.74) is 1.44.